The van der Waals surface area contributed by atoms with Crippen molar-refractivity contribution in [3.8, 4) is 0 Å². The molecule has 8 nitrogen and oxygen atoms in total. The van der Waals surface area contributed by atoms with E-state index < -0.39 is 5.82 Å². The minimum absolute atomic E-state index is 0. The van der Waals surface area contributed by atoms with E-state index in [9.17, 15) is 9.18 Å². The van der Waals surface area contributed by atoms with Crippen molar-refractivity contribution < 1.29 is 9.18 Å². The molecule has 3 rings (SSSR count). The molecule has 10 heteroatoms. The van der Waals surface area contributed by atoms with Crippen molar-refractivity contribution in [2.24, 2.45) is 4.99 Å². The molecule has 1 aliphatic carbocycles. The van der Waals surface area contributed by atoms with Gasteiger partial charge in [-0.15, -0.1) is 24.0 Å². The van der Waals surface area contributed by atoms with Crippen LogP contribution in [0.15, 0.2) is 17.4 Å². The molecule has 2 aliphatic rings. The van der Waals surface area contributed by atoms with Crippen LogP contribution < -0.4 is 10.2 Å². The zero-order valence-electron chi connectivity index (χ0n) is 16.5. The van der Waals surface area contributed by atoms with E-state index in [-0.39, 0.29) is 36.4 Å². The van der Waals surface area contributed by atoms with Crippen LogP contribution in [0.2, 0.25) is 0 Å². The van der Waals surface area contributed by atoms with Crippen molar-refractivity contribution in [1.29, 1.82) is 0 Å². The number of piperazine rings is 1. The Labute approximate surface area is 182 Å². The first kappa shape index (κ1) is 22.6. The van der Waals surface area contributed by atoms with E-state index >= 15 is 0 Å². The summed E-state index contributed by atoms with van der Waals surface area (Å²) < 4.78 is 13.0. The lowest BCUT2D eigenvalue weighted by molar-refractivity contribution is -0.127. The van der Waals surface area contributed by atoms with Crippen molar-refractivity contribution in [1.82, 2.24) is 25.1 Å². The molecule has 1 aromatic rings. The van der Waals surface area contributed by atoms with Crippen molar-refractivity contribution >= 4 is 41.8 Å². The van der Waals surface area contributed by atoms with Gasteiger partial charge in [0.2, 0.25) is 11.9 Å². The molecule has 0 bridgehead atoms. The Morgan fingerprint density at radius 1 is 1.21 bits per heavy atom. The second kappa shape index (κ2) is 10.7. The lowest BCUT2D eigenvalue weighted by Crippen LogP contribution is -2.54. The number of rotatable bonds is 4. The summed E-state index contributed by atoms with van der Waals surface area (Å²) in [6, 6.07) is 0.427. The molecule has 1 amide bonds. The smallest absolute Gasteiger partial charge is 0.243 e. The Morgan fingerprint density at radius 3 is 2.39 bits per heavy atom. The highest BCUT2D eigenvalue weighted by molar-refractivity contribution is 14.0. The molecule has 1 aromatic heterocycles. The third-order valence-corrected chi connectivity index (χ3v) is 5.02. The van der Waals surface area contributed by atoms with Crippen LogP contribution in [0.3, 0.4) is 0 Å². The summed E-state index contributed by atoms with van der Waals surface area (Å²) in [4.78, 5) is 30.4. The number of anilines is 1. The van der Waals surface area contributed by atoms with Gasteiger partial charge >= 0.3 is 0 Å². The van der Waals surface area contributed by atoms with Gasteiger partial charge in [-0.3, -0.25) is 4.79 Å². The van der Waals surface area contributed by atoms with Gasteiger partial charge in [-0.1, -0.05) is 12.8 Å². The van der Waals surface area contributed by atoms with Gasteiger partial charge in [-0.25, -0.2) is 19.4 Å². The number of hydrogen-bond acceptors (Lipinski definition) is 5. The summed E-state index contributed by atoms with van der Waals surface area (Å²) in [6.45, 7) is 3.07. The zero-order valence-corrected chi connectivity index (χ0v) is 18.8. The Morgan fingerprint density at radius 2 is 1.82 bits per heavy atom. The van der Waals surface area contributed by atoms with Gasteiger partial charge in [0.05, 0.1) is 12.4 Å². The molecule has 28 heavy (non-hydrogen) atoms. The van der Waals surface area contributed by atoms with Crippen LogP contribution in [0.5, 0.6) is 0 Å². The van der Waals surface area contributed by atoms with E-state index in [0.29, 0.717) is 12.0 Å². The summed E-state index contributed by atoms with van der Waals surface area (Å²) in [6.07, 6.45) is 7.13. The average molecular weight is 505 g/mol. The molecule has 2 fully saturated rings. The lowest BCUT2D eigenvalue weighted by Gasteiger charge is -2.37. The maximum absolute atomic E-state index is 13.0. The Hall–Kier alpha value is -1.72. The number of nitrogens with one attached hydrogen (secondary N) is 1. The van der Waals surface area contributed by atoms with Gasteiger partial charge in [0.15, 0.2) is 11.8 Å². The fraction of sp³-hybridized carbons (Fsp3) is 0.667. The molecule has 1 N–H and O–H groups in total. The number of guanidine groups is 1. The SMILES string of the molecule is CN(C)C(=O)CN=C(NC1CCCC1)N1CCN(c2ncc(F)cn2)CC1.I. The quantitative estimate of drug-likeness (QED) is 0.378. The van der Waals surface area contributed by atoms with Gasteiger partial charge in [0.25, 0.3) is 0 Å². The first-order chi connectivity index (χ1) is 13.0. The summed E-state index contributed by atoms with van der Waals surface area (Å²) in [5.74, 6) is 0.898. The fourth-order valence-electron chi connectivity index (χ4n) is 3.36. The van der Waals surface area contributed by atoms with Crippen LogP contribution in [-0.4, -0.2) is 84.5 Å². The predicted molar refractivity (Wildman–Crippen MR) is 118 cm³/mol. The van der Waals surface area contributed by atoms with E-state index in [0.717, 1.165) is 45.0 Å². The Kier molecular flexibility index (Phi) is 8.64. The summed E-state index contributed by atoms with van der Waals surface area (Å²) in [5.41, 5.74) is 0. The van der Waals surface area contributed by atoms with Crippen molar-refractivity contribution in [2.75, 3.05) is 51.7 Å². The van der Waals surface area contributed by atoms with E-state index in [2.05, 4.69) is 25.2 Å². The molecule has 2 heterocycles. The van der Waals surface area contributed by atoms with Crippen LogP contribution in [0.4, 0.5) is 10.3 Å². The number of nitrogens with zero attached hydrogens (tertiary/aromatic N) is 6. The molecule has 0 unspecified atom stereocenters. The van der Waals surface area contributed by atoms with Crippen molar-refractivity contribution in [3.05, 3.63) is 18.2 Å². The van der Waals surface area contributed by atoms with E-state index in [1.54, 1.807) is 19.0 Å². The average Bonchev–Trinajstić information content (AvgIpc) is 3.19. The molecule has 156 valence electrons. The molecule has 0 spiro atoms. The number of likely N-dealkylation sites (N-methyl/N-ethyl adjacent to an activating group) is 1. The van der Waals surface area contributed by atoms with Gasteiger partial charge in [0.1, 0.15) is 6.54 Å². The number of carbonyl (C=O) groups is 1. The monoisotopic (exact) mass is 505 g/mol. The zero-order chi connectivity index (χ0) is 19.2. The van der Waals surface area contributed by atoms with Gasteiger partial charge in [-0.2, -0.15) is 0 Å². The summed E-state index contributed by atoms with van der Waals surface area (Å²) in [7, 11) is 3.48. The second-order valence-electron chi connectivity index (χ2n) is 7.23. The molecule has 0 aromatic carbocycles. The molecular weight excluding hydrogens is 476 g/mol. The van der Waals surface area contributed by atoms with Crippen molar-refractivity contribution in [3.63, 3.8) is 0 Å². The molecule has 0 atom stereocenters. The maximum Gasteiger partial charge on any atom is 0.243 e. The third kappa shape index (κ3) is 6.14. The highest BCUT2D eigenvalue weighted by atomic mass is 127. The fourth-order valence-corrected chi connectivity index (χ4v) is 3.36. The van der Waals surface area contributed by atoms with Crippen LogP contribution in [-0.2, 0) is 4.79 Å². The minimum Gasteiger partial charge on any atom is -0.353 e. The summed E-state index contributed by atoms with van der Waals surface area (Å²) in [5, 5.41) is 3.55. The minimum atomic E-state index is -0.432. The molecule has 1 saturated heterocycles. The molecule has 1 aliphatic heterocycles. The molecule has 0 radical (unpaired) electrons. The maximum atomic E-state index is 13.0. The molecular formula is C18H29FIN7O. The van der Waals surface area contributed by atoms with Crippen molar-refractivity contribution in [2.45, 2.75) is 31.7 Å². The standard InChI is InChI=1S/C18H28FN7O.HI/c1-24(2)16(27)13-22-18(23-15-5-3-4-6-15)26-9-7-25(8-10-26)17-20-11-14(19)12-21-17;/h11-12,15H,3-10,13H2,1-2H3,(H,22,23);1H. The predicted octanol–water partition coefficient (Wildman–Crippen LogP) is 1.33. The highest BCUT2D eigenvalue weighted by Crippen LogP contribution is 2.18. The number of aliphatic imine (C=N–C) groups is 1. The van der Waals surface area contributed by atoms with Crippen LogP contribution >= 0.6 is 24.0 Å². The lowest BCUT2D eigenvalue weighted by atomic mass is 10.2. The van der Waals surface area contributed by atoms with E-state index in [4.69, 9.17) is 0 Å². The topological polar surface area (TPSA) is 77.0 Å². The van der Waals surface area contributed by atoms with Gasteiger partial charge < -0.3 is 20.0 Å². The third-order valence-electron chi connectivity index (χ3n) is 5.02. The second-order valence-corrected chi connectivity index (χ2v) is 7.23. The summed E-state index contributed by atoms with van der Waals surface area (Å²) >= 11 is 0. The largest absolute Gasteiger partial charge is 0.353 e. The Bertz CT molecular complexity index is 656. The highest BCUT2D eigenvalue weighted by Gasteiger charge is 2.24. The first-order valence-corrected chi connectivity index (χ1v) is 9.51. The number of amides is 1. The van der Waals surface area contributed by atoms with Gasteiger partial charge in [-0.05, 0) is 12.8 Å². The molecule has 1 saturated carbocycles. The van der Waals surface area contributed by atoms with E-state index in [1.165, 1.54) is 25.2 Å². The first-order valence-electron chi connectivity index (χ1n) is 9.51. The van der Waals surface area contributed by atoms with Crippen LogP contribution in [0.25, 0.3) is 0 Å². The number of carbonyl (C=O) groups excluding carboxylic acids is 1. The number of halogens is 2. The normalized spacial score (nSPS) is 18.0. The number of aromatic nitrogens is 2. The van der Waals surface area contributed by atoms with Crippen LogP contribution in [0, 0.1) is 5.82 Å². The Balaban J connectivity index is 0.00000280. The van der Waals surface area contributed by atoms with Crippen LogP contribution in [0.1, 0.15) is 25.7 Å². The van der Waals surface area contributed by atoms with Gasteiger partial charge in [0, 0.05) is 46.3 Å². The number of hydrogen-bond donors (Lipinski definition) is 1. The van der Waals surface area contributed by atoms with E-state index in [1.807, 2.05) is 4.90 Å².